The number of rotatable bonds is 6. The number of carbonyl (C=O) groups is 1. The van der Waals surface area contributed by atoms with Gasteiger partial charge in [-0.25, -0.2) is 9.78 Å². The number of ether oxygens (including phenoxy) is 1. The smallest absolute Gasteiger partial charge is 0.360 e. The van der Waals surface area contributed by atoms with Gasteiger partial charge in [0.25, 0.3) is 0 Å². The molecule has 7 heteroatoms. The van der Waals surface area contributed by atoms with Crippen LogP contribution in [-0.4, -0.2) is 37.8 Å². The van der Waals surface area contributed by atoms with Crippen molar-refractivity contribution in [1.29, 1.82) is 0 Å². The van der Waals surface area contributed by atoms with E-state index < -0.39 is 16.8 Å². The second kappa shape index (κ2) is 6.53. The number of anilines is 1. The molecule has 0 fully saturated rings. The zero-order chi connectivity index (χ0) is 13.7. The van der Waals surface area contributed by atoms with Gasteiger partial charge in [-0.1, -0.05) is 6.92 Å². The molecule has 0 aliphatic heterocycles. The number of carbonyl (C=O) groups excluding carboxylic acids is 1. The van der Waals surface area contributed by atoms with E-state index in [1.54, 1.807) is 17.7 Å². The second-order valence-corrected chi connectivity index (χ2v) is 5.79. The maximum atomic E-state index is 11.5. The second-order valence-electron chi connectivity index (χ2n) is 3.99. The molecule has 1 aromatic heterocycles. The van der Waals surface area contributed by atoms with Crippen molar-refractivity contribution in [2.24, 2.45) is 0 Å². The highest BCUT2D eigenvalue weighted by molar-refractivity contribution is 7.84. The Bertz CT molecular complexity index is 445. The first-order chi connectivity index (χ1) is 8.47. The molecule has 0 aliphatic carbocycles. The summed E-state index contributed by atoms with van der Waals surface area (Å²) >= 11 is 0. The Kier molecular flexibility index (Phi) is 5.33. The number of hydrogen-bond donors (Lipinski definition) is 1. The maximum absolute atomic E-state index is 11.5. The highest BCUT2D eigenvalue weighted by Crippen LogP contribution is 2.13. The average Bonchev–Trinajstić information content (AvgIpc) is 2.67. The highest BCUT2D eigenvalue weighted by atomic mass is 32.2. The molecule has 2 unspecified atom stereocenters. The van der Waals surface area contributed by atoms with Crippen LogP contribution in [0.1, 0.15) is 30.8 Å². The third kappa shape index (κ3) is 3.56. The number of nitrogens with zero attached hydrogens (tertiary/aromatic N) is 2. The van der Waals surface area contributed by atoms with Gasteiger partial charge < -0.3 is 15.0 Å². The highest BCUT2D eigenvalue weighted by Gasteiger charge is 2.17. The molecule has 102 valence electrons. The molecule has 1 aromatic rings. The van der Waals surface area contributed by atoms with E-state index in [4.69, 9.17) is 10.5 Å². The molecule has 2 N–H and O–H groups in total. The van der Waals surface area contributed by atoms with E-state index in [9.17, 15) is 9.00 Å². The first kappa shape index (κ1) is 14.7. The van der Waals surface area contributed by atoms with Crippen molar-refractivity contribution in [1.82, 2.24) is 9.55 Å². The SMILES string of the molecule is CCOC(=O)c1ncn(CCC(C)S(C)=O)c1N. The van der Waals surface area contributed by atoms with Gasteiger partial charge in [0.1, 0.15) is 5.82 Å². The van der Waals surface area contributed by atoms with Gasteiger partial charge in [-0.15, -0.1) is 0 Å². The number of nitrogen functional groups attached to an aromatic ring is 1. The lowest BCUT2D eigenvalue weighted by Gasteiger charge is -2.09. The van der Waals surface area contributed by atoms with Gasteiger partial charge in [0, 0.05) is 28.9 Å². The number of esters is 1. The van der Waals surface area contributed by atoms with Crippen molar-refractivity contribution in [3.05, 3.63) is 12.0 Å². The molecule has 2 atom stereocenters. The minimum Gasteiger partial charge on any atom is -0.461 e. The summed E-state index contributed by atoms with van der Waals surface area (Å²) in [6.45, 7) is 4.51. The molecule has 6 nitrogen and oxygen atoms in total. The molecule has 0 spiro atoms. The fraction of sp³-hybridized carbons (Fsp3) is 0.636. The molecule has 18 heavy (non-hydrogen) atoms. The average molecular weight is 273 g/mol. The quantitative estimate of drug-likeness (QED) is 0.775. The van der Waals surface area contributed by atoms with Crippen molar-refractivity contribution in [3.63, 3.8) is 0 Å². The van der Waals surface area contributed by atoms with Gasteiger partial charge in [0.2, 0.25) is 0 Å². The predicted octanol–water partition coefficient (Wildman–Crippen LogP) is 0.799. The lowest BCUT2D eigenvalue weighted by molar-refractivity contribution is 0.0521. The molecule has 0 aromatic carbocycles. The van der Waals surface area contributed by atoms with Crippen LogP contribution in [0.5, 0.6) is 0 Å². The van der Waals surface area contributed by atoms with Gasteiger partial charge in [-0.2, -0.15) is 0 Å². The molecule has 0 bridgehead atoms. The van der Waals surface area contributed by atoms with E-state index in [1.807, 2.05) is 6.92 Å². The largest absolute Gasteiger partial charge is 0.461 e. The van der Waals surface area contributed by atoms with Crippen LogP contribution in [0, 0.1) is 0 Å². The molecule has 0 amide bonds. The Morgan fingerprint density at radius 1 is 1.67 bits per heavy atom. The fourth-order valence-electron chi connectivity index (χ4n) is 1.41. The van der Waals surface area contributed by atoms with Crippen LogP contribution < -0.4 is 5.73 Å². The minimum atomic E-state index is -0.862. The van der Waals surface area contributed by atoms with Crippen LogP contribution >= 0.6 is 0 Å². The molecule has 0 aliphatic rings. The normalized spacial score (nSPS) is 14.2. The van der Waals surface area contributed by atoms with Crippen molar-refractivity contribution in [2.45, 2.75) is 32.1 Å². The first-order valence-electron chi connectivity index (χ1n) is 5.77. The maximum Gasteiger partial charge on any atom is 0.360 e. The third-order valence-corrected chi connectivity index (χ3v) is 4.06. The monoisotopic (exact) mass is 273 g/mol. The molecule has 0 saturated heterocycles. The summed E-state index contributed by atoms with van der Waals surface area (Å²) in [5, 5.41) is 0.0813. The molecule has 1 rings (SSSR count). The molecular weight excluding hydrogens is 254 g/mol. The molecule has 1 heterocycles. The number of nitrogens with two attached hydrogens (primary N) is 1. The number of aromatic nitrogens is 2. The van der Waals surface area contributed by atoms with Crippen molar-refractivity contribution >= 4 is 22.6 Å². The summed E-state index contributed by atoms with van der Waals surface area (Å²) in [5.41, 5.74) is 5.96. The lowest BCUT2D eigenvalue weighted by atomic mass is 10.3. The van der Waals surface area contributed by atoms with Crippen LogP contribution in [0.4, 0.5) is 5.82 Å². The van der Waals surface area contributed by atoms with Gasteiger partial charge in [0.15, 0.2) is 5.69 Å². The number of hydrogen-bond acceptors (Lipinski definition) is 5. The van der Waals surface area contributed by atoms with E-state index >= 15 is 0 Å². The number of imidazole rings is 1. The van der Waals surface area contributed by atoms with Crippen molar-refractivity contribution in [2.75, 3.05) is 18.6 Å². The van der Waals surface area contributed by atoms with Crippen LogP contribution in [0.25, 0.3) is 0 Å². The van der Waals surface area contributed by atoms with Gasteiger partial charge >= 0.3 is 5.97 Å². The minimum absolute atomic E-state index is 0.0813. The van der Waals surface area contributed by atoms with Gasteiger partial charge in [-0.3, -0.25) is 4.21 Å². The Hall–Kier alpha value is -1.37. The molecular formula is C11H19N3O3S. The lowest BCUT2D eigenvalue weighted by Crippen LogP contribution is -2.14. The van der Waals surface area contributed by atoms with Crippen LogP contribution in [0.2, 0.25) is 0 Å². The third-order valence-electron chi connectivity index (χ3n) is 2.69. The summed E-state index contributed by atoms with van der Waals surface area (Å²) in [6, 6.07) is 0. The van der Waals surface area contributed by atoms with E-state index in [0.717, 1.165) is 0 Å². The van der Waals surface area contributed by atoms with Gasteiger partial charge in [-0.05, 0) is 13.3 Å². The fourth-order valence-corrected chi connectivity index (χ4v) is 1.85. The zero-order valence-electron chi connectivity index (χ0n) is 10.9. The van der Waals surface area contributed by atoms with E-state index in [1.165, 1.54) is 6.33 Å². The Morgan fingerprint density at radius 2 is 2.33 bits per heavy atom. The Balaban J connectivity index is 2.69. The van der Waals surface area contributed by atoms with Crippen LogP contribution in [-0.2, 0) is 22.1 Å². The van der Waals surface area contributed by atoms with Crippen molar-refractivity contribution in [3.8, 4) is 0 Å². The zero-order valence-corrected chi connectivity index (χ0v) is 11.7. The van der Waals surface area contributed by atoms with E-state index in [0.29, 0.717) is 18.8 Å². The standard InChI is InChI=1S/C11H19N3O3S/c1-4-17-11(15)9-10(12)14(7-13-9)6-5-8(2)18(3)16/h7-8H,4-6,12H2,1-3H3. The summed E-state index contributed by atoms with van der Waals surface area (Å²) in [6.07, 6.45) is 3.89. The first-order valence-corrected chi connectivity index (χ1v) is 7.39. The molecule has 0 saturated carbocycles. The summed E-state index contributed by atoms with van der Waals surface area (Å²) < 4.78 is 17.7. The summed E-state index contributed by atoms with van der Waals surface area (Å²) in [7, 11) is -0.862. The molecule has 0 radical (unpaired) electrons. The van der Waals surface area contributed by atoms with Gasteiger partial charge in [0.05, 0.1) is 12.9 Å². The summed E-state index contributed by atoms with van der Waals surface area (Å²) in [4.78, 5) is 15.4. The van der Waals surface area contributed by atoms with Crippen molar-refractivity contribution < 1.29 is 13.7 Å². The predicted molar refractivity (Wildman–Crippen MR) is 70.7 cm³/mol. The Morgan fingerprint density at radius 3 is 2.89 bits per heavy atom. The topological polar surface area (TPSA) is 87.2 Å². The van der Waals surface area contributed by atoms with Crippen LogP contribution in [0.15, 0.2) is 6.33 Å². The summed E-state index contributed by atoms with van der Waals surface area (Å²) in [5.74, 6) is -0.219. The van der Waals surface area contributed by atoms with Crippen LogP contribution in [0.3, 0.4) is 0 Å². The van der Waals surface area contributed by atoms with E-state index in [2.05, 4.69) is 4.98 Å². The number of aryl methyl sites for hydroxylation is 1. The Labute approximate surface area is 109 Å². The van der Waals surface area contributed by atoms with E-state index in [-0.39, 0.29) is 17.6 Å².